The highest BCUT2D eigenvalue weighted by Crippen LogP contribution is 2.16. The maximum atomic E-state index is 12.3. The van der Waals surface area contributed by atoms with Gasteiger partial charge in [0, 0.05) is 58.0 Å². The molecule has 0 radical (unpaired) electrons. The Morgan fingerprint density at radius 1 is 1.18 bits per heavy atom. The average Bonchev–Trinajstić information content (AvgIpc) is 2.99. The topological polar surface area (TPSA) is 67.2 Å². The van der Waals surface area contributed by atoms with Crippen LogP contribution in [0.1, 0.15) is 0 Å². The van der Waals surface area contributed by atoms with E-state index in [2.05, 4.69) is 19.9 Å². The van der Waals surface area contributed by atoms with Gasteiger partial charge in [-0.1, -0.05) is 11.8 Å². The van der Waals surface area contributed by atoms with E-state index in [1.807, 2.05) is 22.7 Å². The number of anilines is 1. The van der Waals surface area contributed by atoms with E-state index in [-0.39, 0.29) is 5.91 Å². The molecule has 2 aromatic rings. The molecule has 0 bridgehead atoms. The maximum Gasteiger partial charge on any atom is 0.233 e. The van der Waals surface area contributed by atoms with Crippen LogP contribution in [-0.4, -0.2) is 62.3 Å². The third-order valence-corrected chi connectivity index (χ3v) is 4.65. The lowest BCUT2D eigenvalue weighted by Gasteiger charge is -2.35. The summed E-state index contributed by atoms with van der Waals surface area (Å²) in [5.74, 6) is 1.46. The number of aryl methyl sites for hydroxylation is 1. The Balaban J connectivity index is 1.49. The van der Waals surface area contributed by atoms with Crippen molar-refractivity contribution < 1.29 is 4.79 Å². The fraction of sp³-hybridized carbons (Fsp3) is 0.429. The first-order valence-electron chi connectivity index (χ1n) is 7.13. The van der Waals surface area contributed by atoms with Gasteiger partial charge < -0.3 is 14.4 Å². The van der Waals surface area contributed by atoms with Gasteiger partial charge in [0.05, 0.1) is 11.9 Å². The summed E-state index contributed by atoms with van der Waals surface area (Å²) in [5.41, 5.74) is 0. The largest absolute Gasteiger partial charge is 0.352 e. The average molecular weight is 318 g/mol. The first-order valence-corrected chi connectivity index (χ1v) is 8.11. The SMILES string of the molecule is Cn1ccnc1SCC(=O)N1CCN(c2cnccn2)CC1. The minimum Gasteiger partial charge on any atom is -0.352 e. The molecule has 1 saturated heterocycles. The molecule has 8 heteroatoms. The maximum absolute atomic E-state index is 12.3. The minimum absolute atomic E-state index is 0.159. The number of hydrogen-bond donors (Lipinski definition) is 0. The van der Waals surface area contributed by atoms with Crippen LogP contribution in [-0.2, 0) is 11.8 Å². The van der Waals surface area contributed by atoms with Crippen LogP contribution in [0.25, 0.3) is 0 Å². The zero-order valence-electron chi connectivity index (χ0n) is 12.4. The molecule has 2 aromatic heterocycles. The Hall–Kier alpha value is -2.09. The van der Waals surface area contributed by atoms with Crippen molar-refractivity contribution in [1.29, 1.82) is 0 Å². The zero-order chi connectivity index (χ0) is 15.4. The van der Waals surface area contributed by atoms with Gasteiger partial charge in [-0.3, -0.25) is 9.78 Å². The first-order chi connectivity index (χ1) is 10.7. The summed E-state index contributed by atoms with van der Waals surface area (Å²) >= 11 is 1.48. The summed E-state index contributed by atoms with van der Waals surface area (Å²) in [7, 11) is 1.93. The van der Waals surface area contributed by atoms with E-state index < -0.39 is 0 Å². The van der Waals surface area contributed by atoms with Gasteiger partial charge in [-0.25, -0.2) is 9.97 Å². The van der Waals surface area contributed by atoms with Gasteiger partial charge in [-0.05, 0) is 0 Å². The number of piperazine rings is 1. The summed E-state index contributed by atoms with van der Waals surface area (Å²) in [4.78, 5) is 28.9. The molecule has 0 unspecified atom stereocenters. The zero-order valence-corrected chi connectivity index (χ0v) is 13.2. The lowest BCUT2D eigenvalue weighted by atomic mass is 10.3. The van der Waals surface area contributed by atoms with E-state index in [0.717, 1.165) is 37.2 Å². The molecule has 0 aromatic carbocycles. The third kappa shape index (κ3) is 3.38. The Morgan fingerprint density at radius 2 is 2.00 bits per heavy atom. The highest BCUT2D eigenvalue weighted by atomic mass is 32.2. The number of nitrogens with zero attached hydrogens (tertiary/aromatic N) is 6. The van der Waals surface area contributed by atoms with Crippen LogP contribution in [0.4, 0.5) is 5.82 Å². The molecular weight excluding hydrogens is 300 g/mol. The summed E-state index contributed by atoms with van der Waals surface area (Å²) in [6.07, 6.45) is 8.74. The second-order valence-electron chi connectivity index (χ2n) is 5.04. The molecule has 116 valence electrons. The number of rotatable bonds is 4. The molecule has 0 spiro atoms. The fourth-order valence-electron chi connectivity index (χ4n) is 2.35. The van der Waals surface area contributed by atoms with Crippen LogP contribution in [0.3, 0.4) is 0 Å². The van der Waals surface area contributed by atoms with Gasteiger partial charge in [0.25, 0.3) is 0 Å². The molecule has 3 rings (SSSR count). The van der Waals surface area contributed by atoms with Crippen molar-refractivity contribution in [3.8, 4) is 0 Å². The van der Waals surface area contributed by atoms with Crippen LogP contribution in [0.15, 0.2) is 36.1 Å². The van der Waals surface area contributed by atoms with Crippen LogP contribution in [0, 0.1) is 0 Å². The quantitative estimate of drug-likeness (QED) is 0.771. The predicted molar refractivity (Wildman–Crippen MR) is 84.8 cm³/mol. The van der Waals surface area contributed by atoms with Crippen molar-refractivity contribution in [2.75, 3.05) is 36.8 Å². The van der Waals surface area contributed by atoms with Gasteiger partial charge >= 0.3 is 0 Å². The Bertz CT molecular complexity index is 623. The number of hydrogen-bond acceptors (Lipinski definition) is 6. The highest BCUT2D eigenvalue weighted by molar-refractivity contribution is 7.99. The number of imidazole rings is 1. The summed E-state index contributed by atoms with van der Waals surface area (Å²) < 4.78 is 1.92. The molecule has 0 aliphatic carbocycles. The molecule has 3 heterocycles. The minimum atomic E-state index is 0.159. The van der Waals surface area contributed by atoms with Gasteiger partial charge in [-0.2, -0.15) is 0 Å². The number of carbonyl (C=O) groups excluding carboxylic acids is 1. The van der Waals surface area contributed by atoms with Crippen molar-refractivity contribution in [1.82, 2.24) is 24.4 Å². The number of aromatic nitrogens is 4. The third-order valence-electron chi connectivity index (χ3n) is 3.61. The van der Waals surface area contributed by atoms with Gasteiger partial charge in [0.15, 0.2) is 5.16 Å². The lowest BCUT2D eigenvalue weighted by Crippen LogP contribution is -2.49. The molecule has 1 amide bonds. The normalized spacial score (nSPS) is 15.1. The molecule has 0 atom stereocenters. The molecule has 0 saturated carbocycles. The van der Waals surface area contributed by atoms with E-state index in [9.17, 15) is 4.79 Å². The van der Waals surface area contributed by atoms with Crippen LogP contribution in [0.5, 0.6) is 0 Å². The molecule has 7 nitrogen and oxygen atoms in total. The molecule has 0 N–H and O–H groups in total. The number of amides is 1. The van der Waals surface area contributed by atoms with Crippen molar-refractivity contribution in [2.24, 2.45) is 7.05 Å². The molecule has 1 aliphatic rings. The van der Waals surface area contributed by atoms with Crippen LogP contribution < -0.4 is 4.90 Å². The highest BCUT2D eigenvalue weighted by Gasteiger charge is 2.22. The number of carbonyl (C=O) groups is 1. The van der Waals surface area contributed by atoms with E-state index in [1.54, 1.807) is 24.8 Å². The summed E-state index contributed by atoms with van der Waals surface area (Å²) in [6.45, 7) is 3.02. The van der Waals surface area contributed by atoms with Crippen LogP contribution in [0.2, 0.25) is 0 Å². The smallest absolute Gasteiger partial charge is 0.233 e. The molecule has 1 aliphatic heterocycles. The van der Waals surface area contributed by atoms with Gasteiger partial charge in [-0.15, -0.1) is 0 Å². The Morgan fingerprint density at radius 3 is 2.64 bits per heavy atom. The van der Waals surface area contributed by atoms with Crippen LogP contribution >= 0.6 is 11.8 Å². The van der Waals surface area contributed by atoms with Crippen molar-refractivity contribution in [2.45, 2.75) is 5.16 Å². The van der Waals surface area contributed by atoms with E-state index in [0.29, 0.717) is 5.75 Å². The molecule has 22 heavy (non-hydrogen) atoms. The monoisotopic (exact) mass is 318 g/mol. The predicted octanol–water partition coefficient (Wildman–Crippen LogP) is 0.651. The second-order valence-corrected chi connectivity index (χ2v) is 5.98. The standard InChI is InChI=1S/C14H18N6OS/c1-18-5-4-17-14(18)22-11-13(21)20-8-6-19(7-9-20)12-10-15-2-3-16-12/h2-5,10H,6-9,11H2,1H3. The fourth-order valence-corrected chi connectivity index (χ4v) is 3.18. The summed E-state index contributed by atoms with van der Waals surface area (Å²) in [6, 6.07) is 0. The van der Waals surface area contributed by atoms with Gasteiger partial charge in [0.2, 0.25) is 5.91 Å². The lowest BCUT2D eigenvalue weighted by molar-refractivity contribution is -0.128. The van der Waals surface area contributed by atoms with Gasteiger partial charge in [0.1, 0.15) is 5.82 Å². The second kappa shape index (κ2) is 6.78. The Labute approximate surface area is 133 Å². The Kier molecular flexibility index (Phi) is 4.57. The summed E-state index contributed by atoms with van der Waals surface area (Å²) in [5, 5.41) is 0.867. The van der Waals surface area contributed by atoms with Crippen molar-refractivity contribution in [3.63, 3.8) is 0 Å². The van der Waals surface area contributed by atoms with E-state index in [4.69, 9.17) is 0 Å². The van der Waals surface area contributed by atoms with E-state index >= 15 is 0 Å². The molecular formula is C14H18N6OS. The number of thioether (sulfide) groups is 1. The molecule has 1 fully saturated rings. The van der Waals surface area contributed by atoms with E-state index in [1.165, 1.54) is 11.8 Å². The first kappa shape index (κ1) is 14.8. The van der Waals surface area contributed by atoms with Crippen molar-refractivity contribution in [3.05, 3.63) is 31.0 Å². The van der Waals surface area contributed by atoms with Crippen molar-refractivity contribution >= 4 is 23.5 Å².